The molecule has 1 aromatic heterocycles. The first kappa shape index (κ1) is 16.1. The second-order valence-corrected chi connectivity index (χ2v) is 6.63. The highest BCUT2D eigenvalue weighted by Crippen LogP contribution is 2.18. The van der Waals surface area contributed by atoms with E-state index in [-0.39, 0.29) is 11.8 Å². The number of ether oxygens (including phenoxy) is 2. The molecule has 3 rings (SSSR count). The minimum atomic E-state index is -0.178. The Balaban J connectivity index is 1.50. The number of aromatic amines is 1. The highest BCUT2D eigenvalue weighted by atomic mass is 32.2. The molecular formula is C16H21N3O3S. The van der Waals surface area contributed by atoms with E-state index in [0.717, 1.165) is 31.0 Å². The van der Waals surface area contributed by atoms with E-state index in [4.69, 9.17) is 9.47 Å². The van der Waals surface area contributed by atoms with Gasteiger partial charge in [-0.25, -0.2) is 9.89 Å². The van der Waals surface area contributed by atoms with Crippen LogP contribution in [-0.4, -0.2) is 39.8 Å². The third kappa shape index (κ3) is 4.39. The topological polar surface area (TPSA) is 69.1 Å². The zero-order chi connectivity index (χ0) is 16.1. The van der Waals surface area contributed by atoms with Crippen LogP contribution in [0.15, 0.2) is 34.2 Å². The van der Waals surface area contributed by atoms with Gasteiger partial charge in [0.15, 0.2) is 5.16 Å². The molecule has 0 unspecified atom stereocenters. The zero-order valence-corrected chi connectivity index (χ0v) is 14.0. The van der Waals surface area contributed by atoms with E-state index in [2.05, 4.69) is 10.2 Å². The van der Waals surface area contributed by atoms with Gasteiger partial charge in [-0.15, -0.1) is 5.10 Å². The molecule has 0 saturated carbocycles. The number of aromatic nitrogens is 3. The largest absolute Gasteiger partial charge is 0.493 e. The quantitative estimate of drug-likeness (QED) is 0.621. The normalized spacial score (nSPS) is 17.5. The minimum Gasteiger partial charge on any atom is -0.493 e. The molecule has 6 nitrogen and oxygen atoms in total. The van der Waals surface area contributed by atoms with E-state index >= 15 is 0 Å². The van der Waals surface area contributed by atoms with Crippen LogP contribution in [0.2, 0.25) is 0 Å². The molecule has 2 heterocycles. The highest BCUT2D eigenvalue weighted by Gasteiger charge is 2.19. The third-order valence-corrected chi connectivity index (χ3v) is 4.68. The van der Waals surface area contributed by atoms with Gasteiger partial charge in [0.05, 0.1) is 19.3 Å². The number of thioether (sulfide) groups is 1. The van der Waals surface area contributed by atoms with Gasteiger partial charge in [0.25, 0.3) is 0 Å². The van der Waals surface area contributed by atoms with Crippen LogP contribution in [0, 0.1) is 6.92 Å². The van der Waals surface area contributed by atoms with Gasteiger partial charge in [-0.1, -0.05) is 29.5 Å². The Hall–Kier alpha value is -1.73. The van der Waals surface area contributed by atoms with Crippen molar-refractivity contribution in [3.8, 4) is 5.75 Å². The number of rotatable bonds is 7. The summed E-state index contributed by atoms with van der Waals surface area (Å²) in [5, 5.41) is 7.30. The van der Waals surface area contributed by atoms with Crippen molar-refractivity contribution in [3.05, 3.63) is 40.3 Å². The fourth-order valence-corrected chi connectivity index (χ4v) is 3.27. The van der Waals surface area contributed by atoms with Crippen LogP contribution < -0.4 is 10.4 Å². The molecule has 1 N–H and O–H groups in total. The monoisotopic (exact) mass is 335 g/mol. The van der Waals surface area contributed by atoms with Gasteiger partial charge in [-0.2, -0.15) is 0 Å². The number of aryl methyl sites for hydroxylation is 1. The lowest BCUT2D eigenvalue weighted by molar-refractivity contribution is 0.0941. The predicted molar refractivity (Wildman–Crippen MR) is 89.2 cm³/mol. The van der Waals surface area contributed by atoms with Crippen LogP contribution in [0.3, 0.4) is 0 Å². The molecule has 0 aliphatic carbocycles. The Labute approximate surface area is 139 Å². The maximum absolute atomic E-state index is 11.9. The standard InChI is InChI=1S/C16H21N3O3S/c1-12-4-6-13(7-5-12)22-9-10-23-16-18-17-15(20)19(16)11-14-3-2-8-21-14/h4-7,14H,2-3,8-11H2,1H3,(H,17,20)/t14-/m0/s1. The summed E-state index contributed by atoms with van der Waals surface area (Å²) >= 11 is 1.51. The van der Waals surface area contributed by atoms with Crippen molar-refractivity contribution in [3.63, 3.8) is 0 Å². The molecule has 1 aromatic carbocycles. The van der Waals surface area contributed by atoms with Crippen LogP contribution in [0.25, 0.3) is 0 Å². The molecule has 0 amide bonds. The number of nitrogens with one attached hydrogen (secondary N) is 1. The summed E-state index contributed by atoms with van der Waals surface area (Å²) in [4.78, 5) is 11.9. The molecule has 23 heavy (non-hydrogen) atoms. The van der Waals surface area contributed by atoms with Gasteiger partial charge in [0.1, 0.15) is 5.75 Å². The summed E-state index contributed by atoms with van der Waals surface area (Å²) in [5.41, 5.74) is 1.03. The third-order valence-electron chi connectivity index (χ3n) is 3.74. The molecule has 1 aliphatic heterocycles. The van der Waals surface area contributed by atoms with E-state index in [1.807, 2.05) is 31.2 Å². The predicted octanol–water partition coefficient (Wildman–Crippen LogP) is 2.23. The molecule has 7 heteroatoms. The van der Waals surface area contributed by atoms with Crippen LogP contribution in [0.5, 0.6) is 5.75 Å². The van der Waals surface area contributed by atoms with E-state index in [0.29, 0.717) is 18.3 Å². The van der Waals surface area contributed by atoms with Crippen LogP contribution in [-0.2, 0) is 11.3 Å². The van der Waals surface area contributed by atoms with E-state index in [9.17, 15) is 4.79 Å². The van der Waals surface area contributed by atoms with Crippen LogP contribution >= 0.6 is 11.8 Å². The summed E-state index contributed by atoms with van der Waals surface area (Å²) in [7, 11) is 0. The molecule has 0 spiro atoms. The van der Waals surface area contributed by atoms with Crippen LogP contribution in [0.4, 0.5) is 0 Å². The summed E-state index contributed by atoms with van der Waals surface area (Å²) in [6.07, 6.45) is 2.18. The molecule has 2 aromatic rings. The van der Waals surface area contributed by atoms with Gasteiger partial charge in [0.2, 0.25) is 0 Å². The number of nitrogens with zero attached hydrogens (tertiary/aromatic N) is 2. The van der Waals surface area contributed by atoms with Gasteiger partial charge in [-0.05, 0) is 31.9 Å². The second-order valence-electron chi connectivity index (χ2n) is 5.57. The van der Waals surface area contributed by atoms with Gasteiger partial charge >= 0.3 is 5.69 Å². The second kappa shape index (κ2) is 7.70. The average molecular weight is 335 g/mol. The molecule has 0 bridgehead atoms. The summed E-state index contributed by atoms with van der Waals surface area (Å²) in [6.45, 7) is 3.96. The van der Waals surface area contributed by atoms with Gasteiger partial charge in [-0.3, -0.25) is 4.57 Å². The van der Waals surface area contributed by atoms with E-state index in [1.165, 1.54) is 17.3 Å². The number of H-pyrrole nitrogens is 1. The lowest BCUT2D eigenvalue weighted by atomic mass is 10.2. The number of hydrogen-bond donors (Lipinski definition) is 1. The summed E-state index contributed by atoms with van der Waals surface area (Å²) in [5.74, 6) is 1.58. The SMILES string of the molecule is Cc1ccc(OCCSc2n[nH]c(=O)n2C[C@@H]2CCCO2)cc1. The van der Waals surface area contributed by atoms with Crippen molar-refractivity contribution in [2.45, 2.75) is 37.6 Å². The first-order chi connectivity index (χ1) is 11.2. The van der Waals surface area contributed by atoms with Crippen molar-refractivity contribution in [1.82, 2.24) is 14.8 Å². The zero-order valence-electron chi connectivity index (χ0n) is 13.2. The Morgan fingerprint density at radius 2 is 2.26 bits per heavy atom. The molecule has 0 radical (unpaired) electrons. The molecule has 124 valence electrons. The average Bonchev–Trinajstić information content (AvgIpc) is 3.18. The molecular weight excluding hydrogens is 314 g/mol. The Morgan fingerprint density at radius 1 is 1.43 bits per heavy atom. The summed E-state index contributed by atoms with van der Waals surface area (Å²) in [6, 6.07) is 7.97. The number of hydrogen-bond acceptors (Lipinski definition) is 5. The number of benzene rings is 1. The first-order valence-electron chi connectivity index (χ1n) is 7.81. The Morgan fingerprint density at radius 3 is 3.00 bits per heavy atom. The molecule has 1 saturated heterocycles. The van der Waals surface area contributed by atoms with Gasteiger partial charge < -0.3 is 9.47 Å². The lowest BCUT2D eigenvalue weighted by Gasteiger charge is -2.11. The maximum Gasteiger partial charge on any atom is 0.344 e. The fourth-order valence-electron chi connectivity index (χ4n) is 2.49. The van der Waals surface area contributed by atoms with Crippen molar-refractivity contribution in [2.75, 3.05) is 19.0 Å². The van der Waals surface area contributed by atoms with E-state index in [1.54, 1.807) is 4.57 Å². The Bertz CT molecular complexity index is 675. The van der Waals surface area contributed by atoms with Crippen molar-refractivity contribution >= 4 is 11.8 Å². The smallest absolute Gasteiger partial charge is 0.344 e. The Kier molecular flexibility index (Phi) is 5.40. The van der Waals surface area contributed by atoms with Crippen molar-refractivity contribution in [2.24, 2.45) is 0 Å². The fraction of sp³-hybridized carbons (Fsp3) is 0.500. The first-order valence-corrected chi connectivity index (χ1v) is 8.80. The van der Waals surface area contributed by atoms with Crippen LogP contribution in [0.1, 0.15) is 18.4 Å². The highest BCUT2D eigenvalue weighted by molar-refractivity contribution is 7.99. The molecule has 1 aliphatic rings. The van der Waals surface area contributed by atoms with E-state index < -0.39 is 0 Å². The minimum absolute atomic E-state index is 0.119. The molecule has 1 fully saturated rings. The van der Waals surface area contributed by atoms with Gasteiger partial charge in [0, 0.05) is 12.4 Å². The van der Waals surface area contributed by atoms with Crippen molar-refractivity contribution < 1.29 is 9.47 Å². The lowest BCUT2D eigenvalue weighted by Crippen LogP contribution is -2.25. The summed E-state index contributed by atoms with van der Waals surface area (Å²) < 4.78 is 12.9. The maximum atomic E-state index is 11.9. The van der Waals surface area contributed by atoms with Crippen molar-refractivity contribution in [1.29, 1.82) is 0 Å². The molecule has 1 atom stereocenters.